The lowest BCUT2D eigenvalue weighted by atomic mass is 10.1. The van der Waals surface area contributed by atoms with Gasteiger partial charge in [0.25, 0.3) is 5.91 Å². The van der Waals surface area contributed by atoms with Gasteiger partial charge in [-0.05, 0) is 26.0 Å². The average molecular weight is 278 g/mol. The van der Waals surface area contributed by atoms with Crippen LogP contribution < -0.4 is 16.4 Å². The molecule has 0 unspecified atom stereocenters. The van der Waals surface area contributed by atoms with Gasteiger partial charge in [0.15, 0.2) is 5.96 Å². The summed E-state index contributed by atoms with van der Waals surface area (Å²) in [5, 5.41) is 4.93. The third-order valence-corrected chi connectivity index (χ3v) is 2.25. The minimum atomic E-state index is -0.622. The van der Waals surface area contributed by atoms with Crippen LogP contribution in [-0.2, 0) is 4.74 Å². The first-order valence-corrected chi connectivity index (χ1v) is 6.22. The summed E-state index contributed by atoms with van der Waals surface area (Å²) in [6.45, 7) is 4.21. The summed E-state index contributed by atoms with van der Waals surface area (Å²) in [4.78, 5) is 27.3. The molecule has 0 saturated carbocycles. The van der Waals surface area contributed by atoms with E-state index in [1.165, 1.54) is 0 Å². The molecule has 0 aromatic heterocycles. The number of carbonyl (C=O) groups is 2. The van der Waals surface area contributed by atoms with Crippen molar-refractivity contribution in [3.8, 4) is 0 Å². The zero-order valence-corrected chi connectivity index (χ0v) is 11.5. The number of nitrogens with one attached hydrogen (secondary N) is 2. The Morgan fingerprint density at radius 1 is 1.30 bits per heavy atom. The molecule has 2 amide bonds. The topological polar surface area (TPSA) is 106 Å². The van der Waals surface area contributed by atoms with Crippen molar-refractivity contribution < 1.29 is 14.3 Å². The predicted molar refractivity (Wildman–Crippen MR) is 76.7 cm³/mol. The molecule has 0 heterocycles. The SMILES string of the molecule is CCN=C(N)NC(=O)c1ccccc1NC(=O)OCC. The number of nitrogens with zero attached hydrogens (tertiary/aromatic N) is 1. The van der Waals surface area contributed by atoms with Crippen molar-refractivity contribution in [2.24, 2.45) is 10.7 Å². The van der Waals surface area contributed by atoms with E-state index in [1.54, 1.807) is 38.1 Å². The molecule has 108 valence electrons. The number of guanidine groups is 1. The minimum Gasteiger partial charge on any atom is -0.450 e. The number of amides is 2. The smallest absolute Gasteiger partial charge is 0.411 e. The Hall–Kier alpha value is -2.57. The number of hydrogen-bond donors (Lipinski definition) is 3. The number of aliphatic imine (C=N–C) groups is 1. The molecule has 0 aliphatic rings. The Balaban J connectivity index is 2.87. The van der Waals surface area contributed by atoms with Crippen LogP contribution in [0.25, 0.3) is 0 Å². The second-order valence-corrected chi connectivity index (χ2v) is 3.70. The van der Waals surface area contributed by atoms with Gasteiger partial charge in [-0.15, -0.1) is 0 Å². The van der Waals surface area contributed by atoms with Crippen LogP contribution in [0, 0.1) is 0 Å². The maximum atomic E-state index is 12.0. The first-order chi connectivity index (χ1) is 9.58. The van der Waals surface area contributed by atoms with Crippen LogP contribution in [-0.4, -0.2) is 31.1 Å². The molecule has 1 aromatic carbocycles. The predicted octanol–water partition coefficient (Wildman–Crippen LogP) is 1.32. The Labute approximate surface area is 117 Å². The minimum absolute atomic E-state index is 0.0310. The molecule has 0 aliphatic heterocycles. The quantitative estimate of drug-likeness (QED) is 0.570. The van der Waals surface area contributed by atoms with Gasteiger partial charge in [-0.2, -0.15) is 0 Å². The molecule has 4 N–H and O–H groups in total. The van der Waals surface area contributed by atoms with Gasteiger partial charge in [0.1, 0.15) is 0 Å². The summed E-state index contributed by atoms with van der Waals surface area (Å²) in [7, 11) is 0. The number of ether oxygens (including phenoxy) is 1. The van der Waals surface area contributed by atoms with Gasteiger partial charge in [-0.3, -0.25) is 20.4 Å². The molecule has 20 heavy (non-hydrogen) atoms. The molecule has 7 nitrogen and oxygen atoms in total. The zero-order chi connectivity index (χ0) is 15.0. The van der Waals surface area contributed by atoms with E-state index < -0.39 is 12.0 Å². The zero-order valence-electron chi connectivity index (χ0n) is 11.5. The average Bonchev–Trinajstić information content (AvgIpc) is 2.39. The van der Waals surface area contributed by atoms with Crippen molar-refractivity contribution in [2.75, 3.05) is 18.5 Å². The largest absolute Gasteiger partial charge is 0.450 e. The third kappa shape index (κ3) is 4.60. The van der Waals surface area contributed by atoms with Crippen molar-refractivity contribution in [1.82, 2.24) is 5.32 Å². The van der Waals surface area contributed by atoms with Gasteiger partial charge in [-0.25, -0.2) is 4.79 Å². The highest BCUT2D eigenvalue weighted by atomic mass is 16.5. The van der Waals surface area contributed by atoms with Gasteiger partial charge in [-0.1, -0.05) is 12.1 Å². The van der Waals surface area contributed by atoms with Crippen LogP contribution in [0.2, 0.25) is 0 Å². The highest BCUT2D eigenvalue weighted by molar-refractivity contribution is 6.09. The maximum Gasteiger partial charge on any atom is 0.411 e. The highest BCUT2D eigenvalue weighted by Gasteiger charge is 2.13. The molecule has 0 spiro atoms. The highest BCUT2D eigenvalue weighted by Crippen LogP contribution is 2.15. The summed E-state index contributed by atoms with van der Waals surface area (Å²) < 4.78 is 4.77. The monoisotopic (exact) mass is 278 g/mol. The third-order valence-electron chi connectivity index (χ3n) is 2.25. The molecule has 0 atom stereocenters. The van der Waals surface area contributed by atoms with E-state index in [2.05, 4.69) is 15.6 Å². The second-order valence-electron chi connectivity index (χ2n) is 3.70. The van der Waals surface area contributed by atoms with E-state index in [9.17, 15) is 9.59 Å². The lowest BCUT2D eigenvalue weighted by molar-refractivity contribution is 0.0977. The first kappa shape index (κ1) is 15.5. The lowest BCUT2D eigenvalue weighted by Crippen LogP contribution is -2.37. The van der Waals surface area contributed by atoms with E-state index in [0.717, 1.165) is 0 Å². The number of benzene rings is 1. The van der Waals surface area contributed by atoms with Crippen molar-refractivity contribution in [3.63, 3.8) is 0 Å². The summed E-state index contributed by atoms with van der Waals surface area (Å²) in [5.41, 5.74) is 6.14. The fraction of sp³-hybridized carbons (Fsp3) is 0.308. The van der Waals surface area contributed by atoms with Gasteiger partial charge in [0, 0.05) is 6.54 Å². The number of para-hydroxylation sites is 1. The van der Waals surface area contributed by atoms with Crippen LogP contribution in [0.3, 0.4) is 0 Å². The molecule has 0 radical (unpaired) electrons. The lowest BCUT2D eigenvalue weighted by Gasteiger charge is -2.10. The van der Waals surface area contributed by atoms with Gasteiger partial charge < -0.3 is 10.5 Å². The van der Waals surface area contributed by atoms with Crippen LogP contribution in [0.4, 0.5) is 10.5 Å². The van der Waals surface area contributed by atoms with Gasteiger partial charge >= 0.3 is 6.09 Å². The molecular formula is C13H18N4O3. The van der Waals surface area contributed by atoms with Crippen molar-refractivity contribution in [1.29, 1.82) is 0 Å². The molecular weight excluding hydrogens is 260 g/mol. The van der Waals surface area contributed by atoms with Crippen LogP contribution in [0.5, 0.6) is 0 Å². The van der Waals surface area contributed by atoms with Crippen LogP contribution >= 0.6 is 0 Å². The fourth-order valence-electron chi connectivity index (χ4n) is 1.46. The van der Waals surface area contributed by atoms with Gasteiger partial charge in [0.2, 0.25) is 0 Å². The number of anilines is 1. The molecule has 7 heteroatoms. The summed E-state index contributed by atoms with van der Waals surface area (Å²) in [5.74, 6) is -0.421. The molecule has 0 fully saturated rings. The van der Waals surface area contributed by atoms with Gasteiger partial charge in [0.05, 0.1) is 17.9 Å². The van der Waals surface area contributed by atoms with Crippen LogP contribution in [0.15, 0.2) is 29.3 Å². The Morgan fingerprint density at radius 3 is 2.65 bits per heavy atom. The van der Waals surface area contributed by atoms with Crippen molar-refractivity contribution in [3.05, 3.63) is 29.8 Å². The van der Waals surface area contributed by atoms with Crippen molar-refractivity contribution in [2.45, 2.75) is 13.8 Å². The fourth-order valence-corrected chi connectivity index (χ4v) is 1.46. The normalized spacial score (nSPS) is 10.8. The Kier molecular flexibility index (Phi) is 6.02. The summed E-state index contributed by atoms with van der Waals surface area (Å²) in [6.07, 6.45) is -0.622. The number of rotatable bonds is 4. The Morgan fingerprint density at radius 2 is 2.00 bits per heavy atom. The molecule has 0 bridgehead atoms. The Bertz CT molecular complexity index is 514. The molecule has 1 rings (SSSR count). The van der Waals surface area contributed by atoms with E-state index in [-0.39, 0.29) is 18.1 Å². The summed E-state index contributed by atoms with van der Waals surface area (Å²) >= 11 is 0. The second kappa shape index (κ2) is 7.78. The van der Waals surface area contributed by atoms with E-state index in [1.807, 2.05) is 0 Å². The van der Waals surface area contributed by atoms with E-state index >= 15 is 0 Å². The maximum absolute atomic E-state index is 12.0. The molecule has 0 saturated heterocycles. The number of carbonyl (C=O) groups excluding carboxylic acids is 2. The van der Waals surface area contributed by atoms with Crippen LogP contribution in [0.1, 0.15) is 24.2 Å². The van der Waals surface area contributed by atoms with E-state index in [4.69, 9.17) is 10.5 Å². The molecule has 0 aliphatic carbocycles. The molecule has 1 aromatic rings. The number of hydrogen-bond acceptors (Lipinski definition) is 4. The van der Waals surface area contributed by atoms with E-state index in [0.29, 0.717) is 12.2 Å². The summed E-state index contributed by atoms with van der Waals surface area (Å²) in [6, 6.07) is 6.54. The first-order valence-electron chi connectivity index (χ1n) is 6.22. The van der Waals surface area contributed by atoms with Crippen molar-refractivity contribution >= 4 is 23.6 Å². The standard InChI is InChI=1S/C13H18N4O3/c1-3-15-12(14)17-11(18)9-7-5-6-8-10(9)16-13(19)20-4-2/h5-8H,3-4H2,1-2H3,(H,16,19)(H3,14,15,17,18). The number of nitrogens with two attached hydrogens (primary N) is 1.